The van der Waals surface area contributed by atoms with Crippen molar-refractivity contribution in [1.29, 1.82) is 0 Å². The largest absolute Gasteiger partial charge is 0.497 e. The van der Waals surface area contributed by atoms with Crippen LogP contribution < -0.4 is 10.1 Å². The number of amides is 1. The molecule has 0 aliphatic heterocycles. The fourth-order valence-corrected chi connectivity index (χ4v) is 2.97. The lowest BCUT2D eigenvalue weighted by atomic mass is 10.1. The molecule has 0 fully saturated rings. The molecule has 1 heterocycles. The van der Waals surface area contributed by atoms with E-state index in [4.69, 9.17) is 9.47 Å². The van der Waals surface area contributed by atoms with Gasteiger partial charge in [-0.25, -0.2) is 4.98 Å². The van der Waals surface area contributed by atoms with Crippen molar-refractivity contribution in [2.24, 2.45) is 0 Å². The summed E-state index contributed by atoms with van der Waals surface area (Å²) in [7, 11) is 1.64. The summed E-state index contributed by atoms with van der Waals surface area (Å²) in [5.41, 5.74) is 2.58. The van der Waals surface area contributed by atoms with E-state index in [0.717, 1.165) is 34.0 Å². The number of nitrogens with zero attached hydrogens (tertiary/aromatic N) is 1. The molecule has 0 spiro atoms. The van der Waals surface area contributed by atoms with Crippen LogP contribution in [0.25, 0.3) is 22.6 Å². The van der Waals surface area contributed by atoms with Crippen molar-refractivity contribution in [3.05, 3.63) is 60.3 Å². The average molecular weight is 407 g/mol. The third-order valence-corrected chi connectivity index (χ3v) is 4.60. The molecule has 0 saturated heterocycles. The van der Waals surface area contributed by atoms with Gasteiger partial charge in [0.1, 0.15) is 11.6 Å². The molecular formula is C23H25N3O4. The van der Waals surface area contributed by atoms with E-state index < -0.39 is 11.6 Å². The lowest BCUT2D eigenvalue weighted by Crippen LogP contribution is -2.44. The highest BCUT2D eigenvalue weighted by molar-refractivity contribution is 5.86. The Morgan fingerprint density at radius 2 is 1.67 bits per heavy atom. The van der Waals surface area contributed by atoms with Gasteiger partial charge in [-0.05, 0) is 49.2 Å². The lowest BCUT2D eigenvalue weighted by Gasteiger charge is -2.23. The Morgan fingerprint density at radius 3 is 2.27 bits per heavy atom. The van der Waals surface area contributed by atoms with Gasteiger partial charge in [-0.1, -0.05) is 24.3 Å². The maximum Gasteiger partial charge on any atom is 0.303 e. The molecule has 156 valence electrons. The molecule has 0 radical (unpaired) electrons. The standard InChI is InChI=1S/C23H25N3O4/c1-15(27)30-23(2,3)22(28)25-13-16-5-7-18(8-6-16)21-24-14-20(26-21)17-9-11-19(29-4)12-10-17/h5-12,14H,13H2,1-4H3,(H,24,26)(H,25,28). The van der Waals surface area contributed by atoms with E-state index in [0.29, 0.717) is 6.54 Å². The van der Waals surface area contributed by atoms with Crippen LogP contribution in [0.5, 0.6) is 5.75 Å². The monoisotopic (exact) mass is 407 g/mol. The molecule has 3 aromatic rings. The van der Waals surface area contributed by atoms with Gasteiger partial charge in [0.25, 0.3) is 5.91 Å². The maximum atomic E-state index is 12.2. The quantitative estimate of drug-likeness (QED) is 0.583. The Hall–Kier alpha value is -3.61. The number of aromatic amines is 1. The summed E-state index contributed by atoms with van der Waals surface area (Å²) in [5.74, 6) is 0.716. The first kappa shape index (κ1) is 21.1. The summed E-state index contributed by atoms with van der Waals surface area (Å²) in [5, 5.41) is 2.79. The van der Waals surface area contributed by atoms with E-state index in [2.05, 4.69) is 15.3 Å². The second-order valence-electron chi connectivity index (χ2n) is 7.36. The molecule has 0 unspecified atom stereocenters. The molecule has 7 heteroatoms. The van der Waals surface area contributed by atoms with Crippen molar-refractivity contribution < 1.29 is 19.1 Å². The maximum absolute atomic E-state index is 12.2. The fraction of sp³-hybridized carbons (Fsp3) is 0.261. The summed E-state index contributed by atoms with van der Waals surface area (Å²) < 4.78 is 10.2. The zero-order valence-electron chi connectivity index (χ0n) is 17.5. The molecule has 30 heavy (non-hydrogen) atoms. The minimum absolute atomic E-state index is 0.332. The third kappa shape index (κ3) is 5.05. The van der Waals surface area contributed by atoms with Crippen LogP contribution in [0, 0.1) is 0 Å². The van der Waals surface area contributed by atoms with E-state index in [9.17, 15) is 9.59 Å². The molecule has 3 rings (SSSR count). The number of imidazole rings is 1. The Bertz CT molecular complexity index is 1020. The molecule has 0 aliphatic carbocycles. The normalized spacial score (nSPS) is 11.1. The zero-order chi connectivity index (χ0) is 21.7. The topological polar surface area (TPSA) is 93.3 Å². The minimum atomic E-state index is -1.21. The number of carbonyl (C=O) groups is 2. The average Bonchev–Trinajstić information content (AvgIpc) is 3.21. The highest BCUT2D eigenvalue weighted by atomic mass is 16.6. The second-order valence-corrected chi connectivity index (χ2v) is 7.36. The van der Waals surface area contributed by atoms with Crippen molar-refractivity contribution in [2.45, 2.75) is 32.9 Å². The first-order chi connectivity index (χ1) is 14.3. The lowest BCUT2D eigenvalue weighted by molar-refractivity contribution is -0.163. The van der Waals surface area contributed by atoms with Crippen LogP contribution in [0.1, 0.15) is 26.3 Å². The summed E-state index contributed by atoms with van der Waals surface area (Å²) in [6.45, 7) is 4.73. The van der Waals surface area contributed by atoms with E-state index in [1.54, 1.807) is 27.2 Å². The number of rotatable bonds is 7. The van der Waals surface area contributed by atoms with E-state index in [1.165, 1.54) is 6.92 Å². The summed E-state index contributed by atoms with van der Waals surface area (Å²) in [4.78, 5) is 31.1. The van der Waals surface area contributed by atoms with E-state index >= 15 is 0 Å². The number of aromatic nitrogens is 2. The van der Waals surface area contributed by atoms with Crippen molar-refractivity contribution in [2.75, 3.05) is 7.11 Å². The molecular weight excluding hydrogens is 382 g/mol. The first-order valence-electron chi connectivity index (χ1n) is 9.55. The molecule has 2 aromatic carbocycles. The van der Waals surface area contributed by atoms with Gasteiger partial charge in [-0.15, -0.1) is 0 Å². The first-order valence-corrected chi connectivity index (χ1v) is 9.55. The van der Waals surface area contributed by atoms with Crippen LogP contribution in [-0.2, 0) is 20.9 Å². The third-order valence-electron chi connectivity index (χ3n) is 4.60. The van der Waals surface area contributed by atoms with Gasteiger partial charge in [-0.3, -0.25) is 9.59 Å². The highest BCUT2D eigenvalue weighted by Gasteiger charge is 2.30. The van der Waals surface area contributed by atoms with Gasteiger partial charge in [0.15, 0.2) is 5.60 Å². The van der Waals surface area contributed by atoms with Gasteiger partial charge in [0.05, 0.1) is 19.0 Å². The van der Waals surface area contributed by atoms with Crippen molar-refractivity contribution in [3.8, 4) is 28.4 Å². The number of nitrogens with one attached hydrogen (secondary N) is 2. The number of methoxy groups -OCH3 is 1. The van der Waals surface area contributed by atoms with Crippen LogP contribution in [0.15, 0.2) is 54.7 Å². The summed E-state index contributed by atoms with van der Waals surface area (Å²) >= 11 is 0. The van der Waals surface area contributed by atoms with Crippen LogP contribution in [0.4, 0.5) is 0 Å². The van der Waals surface area contributed by atoms with Gasteiger partial charge in [-0.2, -0.15) is 0 Å². The number of hydrogen-bond acceptors (Lipinski definition) is 5. The molecule has 0 atom stereocenters. The van der Waals surface area contributed by atoms with Crippen LogP contribution in [0.3, 0.4) is 0 Å². The molecule has 1 amide bonds. The number of hydrogen-bond donors (Lipinski definition) is 2. The number of esters is 1. The number of benzene rings is 2. The van der Waals surface area contributed by atoms with Crippen LogP contribution in [0.2, 0.25) is 0 Å². The van der Waals surface area contributed by atoms with Gasteiger partial charge >= 0.3 is 5.97 Å². The predicted octanol–water partition coefficient (Wildman–Crippen LogP) is 3.71. The SMILES string of the molecule is COc1ccc(-c2cnc(-c3ccc(CNC(=O)C(C)(C)OC(C)=O)cc3)[nH]2)cc1. The van der Waals surface area contributed by atoms with Gasteiger partial charge in [0.2, 0.25) is 0 Å². The smallest absolute Gasteiger partial charge is 0.303 e. The van der Waals surface area contributed by atoms with Crippen molar-refractivity contribution >= 4 is 11.9 Å². The number of H-pyrrole nitrogens is 1. The van der Waals surface area contributed by atoms with Gasteiger partial charge < -0.3 is 19.8 Å². The van der Waals surface area contributed by atoms with Gasteiger partial charge in [0, 0.05) is 19.0 Å². The molecule has 2 N–H and O–H groups in total. The number of ether oxygens (including phenoxy) is 2. The van der Waals surface area contributed by atoms with Crippen molar-refractivity contribution in [3.63, 3.8) is 0 Å². The highest BCUT2D eigenvalue weighted by Crippen LogP contribution is 2.24. The van der Waals surface area contributed by atoms with E-state index in [1.807, 2.05) is 48.5 Å². The van der Waals surface area contributed by atoms with Crippen LogP contribution in [-0.4, -0.2) is 34.6 Å². The Morgan fingerprint density at radius 1 is 1.03 bits per heavy atom. The summed E-state index contributed by atoms with van der Waals surface area (Å²) in [6.07, 6.45) is 1.79. The second kappa shape index (κ2) is 8.82. The van der Waals surface area contributed by atoms with E-state index in [-0.39, 0.29) is 5.91 Å². The molecule has 7 nitrogen and oxygen atoms in total. The zero-order valence-corrected chi connectivity index (χ0v) is 17.5. The summed E-state index contributed by atoms with van der Waals surface area (Å²) in [6, 6.07) is 15.5. The molecule has 0 saturated carbocycles. The van der Waals surface area contributed by atoms with Crippen molar-refractivity contribution in [1.82, 2.24) is 15.3 Å². The molecule has 1 aromatic heterocycles. The molecule has 0 bridgehead atoms. The fourth-order valence-electron chi connectivity index (χ4n) is 2.97. The molecule has 0 aliphatic rings. The Labute approximate surface area is 175 Å². The Kier molecular flexibility index (Phi) is 6.20. The van der Waals surface area contributed by atoms with Crippen LogP contribution >= 0.6 is 0 Å². The minimum Gasteiger partial charge on any atom is -0.497 e. The predicted molar refractivity (Wildman–Crippen MR) is 114 cm³/mol. The number of carbonyl (C=O) groups excluding carboxylic acids is 2. The Balaban J connectivity index is 1.64.